The van der Waals surface area contributed by atoms with Gasteiger partial charge in [-0.15, -0.1) is 0 Å². The van der Waals surface area contributed by atoms with Gasteiger partial charge in [0, 0.05) is 25.2 Å². The van der Waals surface area contributed by atoms with Crippen LogP contribution in [0.15, 0.2) is 29.3 Å². The number of benzene rings is 1. The molecule has 6 heteroatoms. The van der Waals surface area contributed by atoms with Gasteiger partial charge >= 0.3 is 0 Å². The smallest absolute Gasteiger partial charge is 0.271 e. The molecule has 90 valence electrons. The standard InChI is InChI=1S/C11H14N4O2/c12-11(14-6-1-2-7-14)13-9-4-3-5-10(8-9)15(16)17/h3-5,8H,1-2,6-7H2,(H2,12,13). The van der Waals surface area contributed by atoms with Crippen LogP contribution in [-0.4, -0.2) is 28.9 Å². The highest BCUT2D eigenvalue weighted by Crippen LogP contribution is 2.20. The Balaban J connectivity index is 2.19. The minimum Gasteiger partial charge on any atom is -0.369 e. The van der Waals surface area contributed by atoms with Gasteiger partial charge in [0.25, 0.3) is 5.69 Å². The van der Waals surface area contributed by atoms with Gasteiger partial charge in [0.1, 0.15) is 0 Å². The fraction of sp³-hybridized carbons (Fsp3) is 0.364. The lowest BCUT2D eigenvalue weighted by Crippen LogP contribution is -2.34. The zero-order valence-corrected chi connectivity index (χ0v) is 9.37. The molecule has 17 heavy (non-hydrogen) atoms. The summed E-state index contributed by atoms with van der Waals surface area (Å²) in [5.74, 6) is 0.433. The molecule has 2 rings (SSSR count). The van der Waals surface area contributed by atoms with Crippen LogP contribution in [0.2, 0.25) is 0 Å². The molecule has 1 aromatic rings. The first kappa shape index (κ1) is 11.4. The van der Waals surface area contributed by atoms with Crippen LogP contribution in [-0.2, 0) is 0 Å². The number of likely N-dealkylation sites (tertiary alicyclic amines) is 1. The van der Waals surface area contributed by atoms with Gasteiger partial charge < -0.3 is 10.6 Å². The molecule has 0 bridgehead atoms. The van der Waals surface area contributed by atoms with Crippen molar-refractivity contribution in [2.75, 3.05) is 13.1 Å². The van der Waals surface area contributed by atoms with Crippen molar-refractivity contribution in [1.29, 1.82) is 0 Å². The fourth-order valence-electron chi connectivity index (χ4n) is 1.83. The van der Waals surface area contributed by atoms with Gasteiger partial charge in [-0.1, -0.05) is 6.07 Å². The predicted molar refractivity (Wildman–Crippen MR) is 65.2 cm³/mol. The lowest BCUT2D eigenvalue weighted by molar-refractivity contribution is -0.384. The molecular formula is C11H14N4O2. The Kier molecular flexibility index (Phi) is 3.22. The number of non-ortho nitro benzene ring substituents is 1. The number of hydrogen-bond acceptors (Lipinski definition) is 3. The number of nitrogens with zero attached hydrogens (tertiary/aromatic N) is 3. The van der Waals surface area contributed by atoms with E-state index in [-0.39, 0.29) is 5.69 Å². The van der Waals surface area contributed by atoms with Crippen LogP contribution in [0.3, 0.4) is 0 Å². The first-order valence-electron chi connectivity index (χ1n) is 5.50. The van der Waals surface area contributed by atoms with E-state index in [1.807, 2.05) is 4.90 Å². The summed E-state index contributed by atoms with van der Waals surface area (Å²) in [7, 11) is 0. The van der Waals surface area contributed by atoms with E-state index in [4.69, 9.17) is 5.73 Å². The van der Waals surface area contributed by atoms with Crippen molar-refractivity contribution in [3.63, 3.8) is 0 Å². The largest absolute Gasteiger partial charge is 0.369 e. The van der Waals surface area contributed by atoms with Crippen LogP contribution in [0.4, 0.5) is 11.4 Å². The Morgan fingerprint density at radius 2 is 2.12 bits per heavy atom. The van der Waals surface area contributed by atoms with E-state index in [1.54, 1.807) is 12.1 Å². The van der Waals surface area contributed by atoms with E-state index >= 15 is 0 Å². The molecule has 1 aliphatic heterocycles. The fourth-order valence-corrected chi connectivity index (χ4v) is 1.83. The van der Waals surface area contributed by atoms with Crippen molar-refractivity contribution >= 4 is 17.3 Å². The van der Waals surface area contributed by atoms with Gasteiger partial charge in [0.2, 0.25) is 0 Å². The van der Waals surface area contributed by atoms with Gasteiger partial charge in [-0.05, 0) is 18.9 Å². The maximum absolute atomic E-state index is 10.6. The molecule has 1 saturated heterocycles. The minimum atomic E-state index is -0.439. The first-order valence-corrected chi connectivity index (χ1v) is 5.50. The van der Waals surface area contributed by atoms with Crippen molar-refractivity contribution in [2.24, 2.45) is 10.7 Å². The summed E-state index contributed by atoms with van der Waals surface area (Å²) in [5, 5.41) is 10.6. The van der Waals surface area contributed by atoms with Crippen molar-refractivity contribution in [3.05, 3.63) is 34.4 Å². The van der Waals surface area contributed by atoms with E-state index < -0.39 is 4.92 Å². The van der Waals surface area contributed by atoms with Crippen LogP contribution in [0, 0.1) is 10.1 Å². The molecule has 0 spiro atoms. The molecule has 1 aliphatic rings. The lowest BCUT2D eigenvalue weighted by Gasteiger charge is -2.15. The second-order valence-corrected chi connectivity index (χ2v) is 3.94. The monoisotopic (exact) mass is 234 g/mol. The first-order chi connectivity index (χ1) is 8.16. The SMILES string of the molecule is NC(=Nc1cccc([N+](=O)[O-])c1)N1CCCC1. The maximum atomic E-state index is 10.6. The summed E-state index contributed by atoms with van der Waals surface area (Å²) in [6.45, 7) is 1.81. The Labute approximate surface area is 98.9 Å². The molecule has 6 nitrogen and oxygen atoms in total. The van der Waals surface area contributed by atoms with E-state index in [0.717, 1.165) is 25.9 Å². The predicted octanol–water partition coefficient (Wildman–Crippen LogP) is 1.64. The van der Waals surface area contributed by atoms with Crippen LogP contribution in [0.1, 0.15) is 12.8 Å². The Bertz CT molecular complexity index is 453. The van der Waals surface area contributed by atoms with E-state index in [9.17, 15) is 10.1 Å². The molecule has 0 saturated carbocycles. The van der Waals surface area contributed by atoms with Crippen molar-refractivity contribution in [1.82, 2.24) is 4.90 Å². The molecule has 0 radical (unpaired) electrons. The number of nitro benzene ring substituents is 1. The summed E-state index contributed by atoms with van der Waals surface area (Å²) >= 11 is 0. The number of rotatable bonds is 2. The molecule has 0 aromatic heterocycles. The third kappa shape index (κ3) is 2.72. The number of nitro groups is 1. The Morgan fingerprint density at radius 1 is 1.41 bits per heavy atom. The van der Waals surface area contributed by atoms with E-state index in [0.29, 0.717) is 11.6 Å². The van der Waals surface area contributed by atoms with Gasteiger partial charge in [0.15, 0.2) is 5.96 Å². The third-order valence-electron chi connectivity index (χ3n) is 2.71. The van der Waals surface area contributed by atoms with Gasteiger partial charge in [-0.3, -0.25) is 10.1 Å². The second-order valence-electron chi connectivity index (χ2n) is 3.94. The molecule has 1 fully saturated rings. The number of hydrogen-bond donors (Lipinski definition) is 1. The van der Waals surface area contributed by atoms with Crippen LogP contribution >= 0.6 is 0 Å². The zero-order chi connectivity index (χ0) is 12.3. The molecule has 2 N–H and O–H groups in total. The molecule has 0 atom stereocenters. The average Bonchev–Trinajstić information content (AvgIpc) is 2.82. The summed E-state index contributed by atoms with van der Waals surface area (Å²) in [5.41, 5.74) is 6.39. The van der Waals surface area contributed by atoms with E-state index in [1.165, 1.54) is 12.1 Å². The Hall–Kier alpha value is -2.11. The summed E-state index contributed by atoms with van der Waals surface area (Å²) in [6.07, 6.45) is 2.23. The maximum Gasteiger partial charge on any atom is 0.271 e. The van der Waals surface area contributed by atoms with E-state index in [2.05, 4.69) is 4.99 Å². The number of aliphatic imine (C=N–C) groups is 1. The molecule has 0 amide bonds. The van der Waals surface area contributed by atoms with Crippen LogP contribution in [0.25, 0.3) is 0 Å². The quantitative estimate of drug-likeness (QED) is 0.365. The lowest BCUT2D eigenvalue weighted by atomic mass is 10.3. The van der Waals surface area contributed by atoms with Gasteiger partial charge in [-0.25, -0.2) is 4.99 Å². The topological polar surface area (TPSA) is 84.8 Å². The van der Waals surface area contributed by atoms with Gasteiger partial charge in [-0.2, -0.15) is 0 Å². The van der Waals surface area contributed by atoms with Crippen molar-refractivity contribution in [2.45, 2.75) is 12.8 Å². The number of nitrogens with two attached hydrogens (primary N) is 1. The second kappa shape index (κ2) is 4.82. The highest BCUT2D eigenvalue weighted by Gasteiger charge is 2.13. The molecule has 1 heterocycles. The molecular weight excluding hydrogens is 220 g/mol. The van der Waals surface area contributed by atoms with Crippen LogP contribution < -0.4 is 5.73 Å². The van der Waals surface area contributed by atoms with Crippen LogP contribution in [0.5, 0.6) is 0 Å². The summed E-state index contributed by atoms with van der Waals surface area (Å²) in [6, 6.07) is 6.16. The Morgan fingerprint density at radius 3 is 2.76 bits per heavy atom. The zero-order valence-electron chi connectivity index (χ0n) is 9.37. The highest BCUT2D eigenvalue weighted by molar-refractivity contribution is 5.81. The normalized spacial score (nSPS) is 16.2. The third-order valence-corrected chi connectivity index (χ3v) is 2.71. The minimum absolute atomic E-state index is 0.0282. The summed E-state index contributed by atoms with van der Waals surface area (Å²) < 4.78 is 0. The van der Waals surface area contributed by atoms with Crippen molar-refractivity contribution in [3.8, 4) is 0 Å². The van der Waals surface area contributed by atoms with Crippen molar-refractivity contribution < 1.29 is 4.92 Å². The average molecular weight is 234 g/mol. The molecule has 0 unspecified atom stereocenters. The highest BCUT2D eigenvalue weighted by atomic mass is 16.6. The number of guanidine groups is 1. The summed E-state index contributed by atoms with van der Waals surface area (Å²) in [4.78, 5) is 16.4. The molecule has 1 aromatic carbocycles. The molecule has 0 aliphatic carbocycles. The van der Waals surface area contributed by atoms with Gasteiger partial charge in [0.05, 0.1) is 10.6 Å².